The van der Waals surface area contributed by atoms with E-state index in [9.17, 15) is 22.0 Å². The van der Waals surface area contributed by atoms with Crippen molar-refractivity contribution < 1.29 is 22.0 Å². The second-order valence-electron chi connectivity index (χ2n) is 2.44. The van der Waals surface area contributed by atoms with Crippen molar-refractivity contribution in [3.8, 4) is 6.07 Å². The average Bonchev–Trinajstić information content (AvgIpc) is 2.09. The molecule has 0 saturated heterocycles. The summed E-state index contributed by atoms with van der Waals surface area (Å²) in [5.74, 6) is -5.24. The Morgan fingerprint density at radius 3 is 1.93 bits per heavy atom. The molecule has 3 nitrogen and oxygen atoms in total. The Balaban J connectivity index is 3.27. The van der Waals surface area contributed by atoms with Crippen LogP contribution in [0.5, 0.6) is 0 Å². The molecule has 0 unspecified atom stereocenters. The Bertz CT molecular complexity index is 397. The molecular formula is C7H2F5N3. The topological polar surface area (TPSA) is 49.6 Å². The summed E-state index contributed by atoms with van der Waals surface area (Å²) in [6, 6.07) is 1.38. The van der Waals surface area contributed by atoms with E-state index in [-0.39, 0.29) is 0 Å². The van der Waals surface area contributed by atoms with Crippen LogP contribution in [0.2, 0.25) is 0 Å². The fourth-order valence-corrected chi connectivity index (χ4v) is 0.783. The SMILES string of the molecule is N#CCc1c(F)nc(C(F)(F)F)nc1F. The fourth-order valence-electron chi connectivity index (χ4n) is 0.783. The summed E-state index contributed by atoms with van der Waals surface area (Å²) in [6.07, 6.45) is -5.75. The van der Waals surface area contributed by atoms with Gasteiger partial charge in [0.25, 0.3) is 0 Å². The second kappa shape index (κ2) is 3.76. The lowest BCUT2D eigenvalue weighted by atomic mass is 10.2. The Morgan fingerprint density at radius 1 is 1.13 bits per heavy atom. The van der Waals surface area contributed by atoms with Crippen molar-refractivity contribution in [3.05, 3.63) is 23.3 Å². The summed E-state index contributed by atoms with van der Waals surface area (Å²) in [4.78, 5) is 4.86. The minimum Gasteiger partial charge on any atom is -0.198 e. The molecule has 0 saturated carbocycles. The van der Waals surface area contributed by atoms with Gasteiger partial charge in [-0.3, -0.25) is 0 Å². The number of hydrogen-bond acceptors (Lipinski definition) is 3. The van der Waals surface area contributed by atoms with E-state index in [0.717, 1.165) is 0 Å². The first kappa shape index (κ1) is 11.3. The summed E-state index contributed by atoms with van der Waals surface area (Å²) in [6.45, 7) is 0. The van der Waals surface area contributed by atoms with Crippen LogP contribution in [0.3, 0.4) is 0 Å². The number of rotatable bonds is 1. The molecule has 1 heterocycles. The quantitative estimate of drug-likeness (QED) is 0.539. The standard InChI is InChI=1S/C7H2F5N3/c8-4-3(1-2-13)5(9)15-6(14-4)7(10,11)12/h1H2. The molecule has 0 spiro atoms. The van der Waals surface area contributed by atoms with E-state index >= 15 is 0 Å². The highest BCUT2D eigenvalue weighted by atomic mass is 19.4. The van der Waals surface area contributed by atoms with Crippen LogP contribution in [0.1, 0.15) is 11.4 Å². The van der Waals surface area contributed by atoms with Crippen molar-refractivity contribution in [2.75, 3.05) is 0 Å². The highest BCUT2D eigenvalue weighted by molar-refractivity contribution is 5.15. The van der Waals surface area contributed by atoms with E-state index in [1.165, 1.54) is 6.07 Å². The van der Waals surface area contributed by atoms with Gasteiger partial charge in [-0.05, 0) is 0 Å². The zero-order chi connectivity index (χ0) is 11.6. The van der Waals surface area contributed by atoms with Gasteiger partial charge in [0.1, 0.15) is 0 Å². The van der Waals surface area contributed by atoms with Gasteiger partial charge in [-0.1, -0.05) is 0 Å². The van der Waals surface area contributed by atoms with Gasteiger partial charge in [-0.25, -0.2) is 0 Å². The molecule has 0 amide bonds. The molecule has 1 aromatic rings. The summed E-state index contributed by atoms with van der Waals surface area (Å²) >= 11 is 0. The molecule has 0 N–H and O–H groups in total. The third-order valence-electron chi connectivity index (χ3n) is 1.42. The lowest BCUT2D eigenvalue weighted by Gasteiger charge is -2.06. The zero-order valence-electron chi connectivity index (χ0n) is 6.94. The normalized spacial score (nSPS) is 11.2. The van der Waals surface area contributed by atoms with Crippen LogP contribution in [-0.4, -0.2) is 9.97 Å². The zero-order valence-corrected chi connectivity index (χ0v) is 6.94. The predicted octanol–water partition coefficient (Wildman–Crippen LogP) is 1.84. The lowest BCUT2D eigenvalue weighted by molar-refractivity contribution is -0.146. The summed E-state index contributed by atoms with van der Waals surface area (Å²) < 4.78 is 61.4. The highest BCUT2D eigenvalue weighted by Gasteiger charge is 2.36. The van der Waals surface area contributed by atoms with Crippen LogP contribution < -0.4 is 0 Å². The molecule has 15 heavy (non-hydrogen) atoms. The molecule has 8 heteroatoms. The van der Waals surface area contributed by atoms with E-state index in [1.807, 2.05) is 0 Å². The third kappa shape index (κ3) is 2.37. The molecule has 0 fully saturated rings. The van der Waals surface area contributed by atoms with Crippen LogP contribution in [-0.2, 0) is 12.6 Å². The largest absolute Gasteiger partial charge is 0.451 e. The van der Waals surface area contributed by atoms with Crippen LogP contribution in [0.15, 0.2) is 0 Å². The molecule has 0 atom stereocenters. The maximum absolute atomic E-state index is 12.8. The Morgan fingerprint density at radius 2 is 1.60 bits per heavy atom. The molecule has 0 bridgehead atoms. The van der Waals surface area contributed by atoms with E-state index < -0.39 is 35.9 Å². The van der Waals surface area contributed by atoms with Crippen LogP contribution in [0.25, 0.3) is 0 Å². The summed E-state index contributed by atoms with van der Waals surface area (Å²) in [5, 5.41) is 8.14. The molecule has 0 aliphatic rings. The minimum absolute atomic E-state index is 0.726. The smallest absolute Gasteiger partial charge is 0.198 e. The maximum atomic E-state index is 12.8. The Hall–Kier alpha value is -1.78. The van der Waals surface area contributed by atoms with Gasteiger partial charge >= 0.3 is 6.18 Å². The maximum Gasteiger partial charge on any atom is 0.451 e. The third-order valence-corrected chi connectivity index (χ3v) is 1.42. The van der Waals surface area contributed by atoms with Crippen molar-refractivity contribution in [1.29, 1.82) is 5.26 Å². The fraction of sp³-hybridized carbons (Fsp3) is 0.286. The highest BCUT2D eigenvalue weighted by Crippen LogP contribution is 2.26. The van der Waals surface area contributed by atoms with Gasteiger partial charge in [0, 0.05) is 0 Å². The van der Waals surface area contributed by atoms with E-state index in [4.69, 9.17) is 5.26 Å². The van der Waals surface area contributed by atoms with E-state index in [0.29, 0.717) is 0 Å². The van der Waals surface area contributed by atoms with Crippen LogP contribution >= 0.6 is 0 Å². The molecule has 80 valence electrons. The van der Waals surface area contributed by atoms with Gasteiger partial charge in [0.15, 0.2) is 0 Å². The van der Waals surface area contributed by atoms with Gasteiger partial charge in [0.2, 0.25) is 17.7 Å². The second-order valence-corrected chi connectivity index (χ2v) is 2.44. The van der Waals surface area contributed by atoms with Gasteiger partial charge in [-0.2, -0.15) is 37.2 Å². The van der Waals surface area contributed by atoms with Crippen molar-refractivity contribution in [1.82, 2.24) is 9.97 Å². The number of nitriles is 1. The first-order valence-corrected chi connectivity index (χ1v) is 3.52. The monoisotopic (exact) mass is 223 g/mol. The average molecular weight is 223 g/mol. The van der Waals surface area contributed by atoms with Crippen LogP contribution in [0.4, 0.5) is 22.0 Å². The number of nitrogens with zero attached hydrogens (tertiary/aromatic N) is 3. The molecule has 0 aliphatic carbocycles. The molecule has 1 rings (SSSR count). The molecular weight excluding hydrogens is 221 g/mol. The van der Waals surface area contributed by atoms with Gasteiger partial charge in [-0.15, -0.1) is 0 Å². The van der Waals surface area contributed by atoms with Crippen molar-refractivity contribution in [3.63, 3.8) is 0 Å². The summed E-state index contributed by atoms with van der Waals surface area (Å²) in [7, 11) is 0. The van der Waals surface area contributed by atoms with Crippen LogP contribution in [0, 0.1) is 23.2 Å². The Kier molecular flexibility index (Phi) is 2.83. The lowest BCUT2D eigenvalue weighted by Crippen LogP contribution is -2.15. The van der Waals surface area contributed by atoms with Gasteiger partial charge < -0.3 is 0 Å². The molecule has 1 aromatic heterocycles. The molecule has 0 aliphatic heterocycles. The molecule has 0 radical (unpaired) electrons. The number of hydrogen-bond donors (Lipinski definition) is 0. The van der Waals surface area contributed by atoms with Crippen molar-refractivity contribution >= 4 is 0 Å². The van der Waals surface area contributed by atoms with E-state index in [2.05, 4.69) is 9.97 Å². The summed E-state index contributed by atoms with van der Waals surface area (Å²) in [5.41, 5.74) is -0.870. The minimum atomic E-state index is -5.02. The predicted molar refractivity (Wildman–Crippen MR) is 36.3 cm³/mol. The first-order valence-electron chi connectivity index (χ1n) is 3.52. The van der Waals surface area contributed by atoms with Gasteiger partial charge in [0.05, 0.1) is 18.1 Å². The van der Waals surface area contributed by atoms with Crippen molar-refractivity contribution in [2.24, 2.45) is 0 Å². The first-order chi connectivity index (χ1) is 6.86. The Labute approximate surface area is 80.2 Å². The van der Waals surface area contributed by atoms with Crippen molar-refractivity contribution in [2.45, 2.75) is 12.6 Å². The number of halogens is 5. The number of alkyl halides is 3. The number of aromatic nitrogens is 2. The van der Waals surface area contributed by atoms with E-state index in [1.54, 1.807) is 0 Å². The molecule has 0 aromatic carbocycles.